The molecule has 0 aliphatic carbocycles. The molecule has 0 aliphatic heterocycles. The van der Waals surface area contributed by atoms with Gasteiger partial charge in [0.2, 0.25) is 5.75 Å². The molecule has 24 heavy (non-hydrogen) atoms. The van der Waals surface area contributed by atoms with E-state index in [9.17, 15) is 14.9 Å². The summed E-state index contributed by atoms with van der Waals surface area (Å²) >= 11 is 5.78. The molecule has 0 atom stereocenters. The van der Waals surface area contributed by atoms with Gasteiger partial charge >= 0.3 is 5.69 Å². The Morgan fingerprint density at radius 2 is 2.17 bits per heavy atom. The van der Waals surface area contributed by atoms with Gasteiger partial charge in [0.05, 0.1) is 31.6 Å². The molecule has 126 valence electrons. The van der Waals surface area contributed by atoms with Crippen LogP contribution in [0, 0.1) is 10.1 Å². The standard InChI is InChI=1S/C13H12ClN5O5/c1-23-10-4-7(3-9(19(21)22)12(10)24-2)5-15-17-8-6-16-18-13(20)11(8)14/h3-6H,1-2H3,(H2,17,18,20)/b15-5-. The average molecular weight is 354 g/mol. The first kappa shape index (κ1) is 17.2. The normalized spacial score (nSPS) is 10.6. The molecule has 1 aromatic carbocycles. The van der Waals surface area contributed by atoms with E-state index in [1.165, 1.54) is 38.8 Å². The van der Waals surface area contributed by atoms with E-state index in [1.54, 1.807) is 0 Å². The van der Waals surface area contributed by atoms with Crippen molar-refractivity contribution in [1.82, 2.24) is 10.2 Å². The van der Waals surface area contributed by atoms with Gasteiger partial charge in [-0.05, 0) is 6.07 Å². The molecule has 0 bridgehead atoms. The Kier molecular flexibility index (Phi) is 5.32. The number of hydrazone groups is 1. The van der Waals surface area contributed by atoms with Crippen molar-refractivity contribution in [3.63, 3.8) is 0 Å². The van der Waals surface area contributed by atoms with Crippen LogP contribution in [-0.4, -0.2) is 35.6 Å². The number of nitrogens with one attached hydrogen (secondary N) is 2. The van der Waals surface area contributed by atoms with Gasteiger partial charge in [-0.2, -0.15) is 10.2 Å². The third-order valence-electron chi connectivity index (χ3n) is 2.87. The molecular formula is C13H12ClN5O5. The first-order valence-electron chi connectivity index (χ1n) is 6.40. The Bertz CT molecular complexity index is 851. The quantitative estimate of drug-likeness (QED) is 0.459. The summed E-state index contributed by atoms with van der Waals surface area (Å²) in [7, 11) is 2.67. The lowest BCUT2D eigenvalue weighted by Crippen LogP contribution is -2.10. The molecule has 0 aliphatic rings. The van der Waals surface area contributed by atoms with E-state index in [0.717, 1.165) is 0 Å². The molecule has 0 radical (unpaired) electrons. The third-order valence-corrected chi connectivity index (χ3v) is 3.25. The van der Waals surface area contributed by atoms with Crippen molar-refractivity contribution in [3.8, 4) is 11.5 Å². The zero-order valence-corrected chi connectivity index (χ0v) is 13.3. The van der Waals surface area contributed by atoms with Crippen LogP contribution in [0.5, 0.6) is 11.5 Å². The Balaban J connectivity index is 2.32. The second kappa shape index (κ2) is 7.42. The summed E-state index contributed by atoms with van der Waals surface area (Å²) in [4.78, 5) is 21.8. The highest BCUT2D eigenvalue weighted by molar-refractivity contribution is 6.32. The van der Waals surface area contributed by atoms with Crippen molar-refractivity contribution >= 4 is 29.2 Å². The smallest absolute Gasteiger partial charge is 0.315 e. The van der Waals surface area contributed by atoms with Crippen molar-refractivity contribution in [2.75, 3.05) is 19.6 Å². The molecule has 0 unspecified atom stereocenters. The number of benzene rings is 1. The number of aromatic nitrogens is 2. The van der Waals surface area contributed by atoms with Crippen molar-refractivity contribution in [1.29, 1.82) is 0 Å². The molecule has 0 spiro atoms. The summed E-state index contributed by atoms with van der Waals surface area (Å²) in [6.45, 7) is 0. The summed E-state index contributed by atoms with van der Waals surface area (Å²) in [5, 5.41) is 20.6. The van der Waals surface area contributed by atoms with Crippen LogP contribution in [-0.2, 0) is 0 Å². The van der Waals surface area contributed by atoms with E-state index < -0.39 is 10.5 Å². The van der Waals surface area contributed by atoms with E-state index in [2.05, 4.69) is 20.7 Å². The minimum Gasteiger partial charge on any atom is -0.493 e. The zero-order valence-electron chi connectivity index (χ0n) is 12.6. The molecule has 1 heterocycles. The zero-order chi connectivity index (χ0) is 17.7. The molecular weight excluding hydrogens is 342 g/mol. The van der Waals surface area contributed by atoms with Gasteiger partial charge in [-0.15, -0.1) is 0 Å². The van der Waals surface area contributed by atoms with Crippen LogP contribution in [0.25, 0.3) is 0 Å². The van der Waals surface area contributed by atoms with E-state index >= 15 is 0 Å². The number of nitrogens with zero attached hydrogens (tertiary/aromatic N) is 3. The summed E-state index contributed by atoms with van der Waals surface area (Å²) < 4.78 is 10.1. The van der Waals surface area contributed by atoms with Crippen molar-refractivity contribution in [2.24, 2.45) is 5.10 Å². The number of methoxy groups -OCH3 is 2. The first-order valence-corrected chi connectivity index (χ1v) is 6.78. The molecule has 2 aromatic rings. The Hall–Kier alpha value is -3.14. The summed E-state index contributed by atoms with van der Waals surface area (Å²) in [6.07, 6.45) is 2.57. The van der Waals surface area contributed by atoms with E-state index in [1.807, 2.05) is 0 Å². The molecule has 11 heteroatoms. The minimum absolute atomic E-state index is 0.00875. The van der Waals surface area contributed by atoms with Crippen LogP contribution in [0.2, 0.25) is 5.02 Å². The van der Waals surface area contributed by atoms with E-state index in [4.69, 9.17) is 21.1 Å². The van der Waals surface area contributed by atoms with E-state index in [0.29, 0.717) is 5.56 Å². The number of hydrogen-bond donors (Lipinski definition) is 2. The summed E-state index contributed by atoms with van der Waals surface area (Å²) in [5.41, 5.74) is 2.25. The topological polar surface area (TPSA) is 132 Å². The van der Waals surface area contributed by atoms with Crippen LogP contribution in [0.15, 0.2) is 28.2 Å². The predicted octanol–water partition coefficient (Wildman–Crippen LogP) is 1.79. The highest BCUT2D eigenvalue weighted by atomic mass is 35.5. The van der Waals surface area contributed by atoms with Crippen LogP contribution >= 0.6 is 11.6 Å². The molecule has 10 nitrogen and oxygen atoms in total. The maximum Gasteiger partial charge on any atom is 0.315 e. The number of nitro groups is 1. The molecule has 2 rings (SSSR count). The van der Waals surface area contributed by atoms with Crippen LogP contribution in [0.1, 0.15) is 5.56 Å². The average Bonchev–Trinajstić information content (AvgIpc) is 2.57. The van der Waals surface area contributed by atoms with Gasteiger partial charge in [0, 0.05) is 11.6 Å². The largest absolute Gasteiger partial charge is 0.493 e. The van der Waals surface area contributed by atoms with Crippen LogP contribution in [0.4, 0.5) is 11.4 Å². The predicted molar refractivity (Wildman–Crippen MR) is 87.3 cm³/mol. The van der Waals surface area contributed by atoms with Crippen LogP contribution in [0.3, 0.4) is 0 Å². The van der Waals surface area contributed by atoms with Gasteiger partial charge in [0.25, 0.3) is 5.56 Å². The lowest BCUT2D eigenvalue weighted by molar-refractivity contribution is -0.385. The van der Waals surface area contributed by atoms with Gasteiger partial charge < -0.3 is 9.47 Å². The second-order valence-electron chi connectivity index (χ2n) is 4.33. The molecule has 0 fully saturated rings. The number of rotatable bonds is 6. The summed E-state index contributed by atoms with van der Waals surface area (Å²) in [5.74, 6) is 0.193. The first-order chi connectivity index (χ1) is 11.5. The Morgan fingerprint density at radius 3 is 2.79 bits per heavy atom. The lowest BCUT2D eigenvalue weighted by atomic mass is 10.2. The van der Waals surface area contributed by atoms with Gasteiger partial charge in [0.15, 0.2) is 5.75 Å². The number of ether oxygens (including phenoxy) is 2. The molecule has 2 N–H and O–H groups in total. The molecule has 0 saturated heterocycles. The minimum atomic E-state index is -0.594. The SMILES string of the molecule is COc1cc(/C=N\Nc2cn[nH]c(=O)c2Cl)cc([N+](=O)[O-])c1OC. The number of anilines is 1. The maximum absolute atomic E-state index is 11.3. The highest BCUT2D eigenvalue weighted by Crippen LogP contribution is 2.37. The van der Waals surface area contributed by atoms with Crippen molar-refractivity contribution < 1.29 is 14.4 Å². The van der Waals surface area contributed by atoms with Gasteiger partial charge in [-0.1, -0.05) is 11.6 Å². The number of hydrogen-bond acceptors (Lipinski definition) is 8. The summed E-state index contributed by atoms with van der Waals surface area (Å²) in [6, 6.07) is 2.78. The van der Waals surface area contributed by atoms with Crippen molar-refractivity contribution in [3.05, 3.63) is 49.4 Å². The lowest BCUT2D eigenvalue weighted by Gasteiger charge is -2.08. The van der Waals surface area contributed by atoms with Gasteiger partial charge in [-0.25, -0.2) is 5.10 Å². The number of halogens is 1. The molecule has 0 amide bonds. The maximum atomic E-state index is 11.3. The second-order valence-corrected chi connectivity index (χ2v) is 4.71. The van der Waals surface area contributed by atoms with E-state index in [-0.39, 0.29) is 27.9 Å². The van der Waals surface area contributed by atoms with Crippen molar-refractivity contribution in [2.45, 2.75) is 0 Å². The van der Waals surface area contributed by atoms with Gasteiger partial charge in [0.1, 0.15) is 10.7 Å². The Labute approximate surface area is 140 Å². The third kappa shape index (κ3) is 3.60. The number of nitro benzene ring substituents is 1. The van der Waals surface area contributed by atoms with Crippen LogP contribution < -0.4 is 20.5 Å². The molecule has 1 aromatic heterocycles. The fourth-order valence-corrected chi connectivity index (χ4v) is 1.95. The number of aromatic amines is 1. The molecule has 0 saturated carbocycles. The highest BCUT2D eigenvalue weighted by Gasteiger charge is 2.21. The number of H-pyrrole nitrogens is 1. The fourth-order valence-electron chi connectivity index (χ4n) is 1.81. The monoisotopic (exact) mass is 353 g/mol. The Morgan fingerprint density at radius 1 is 1.42 bits per heavy atom. The van der Waals surface area contributed by atoms with Gasteiger partial charge in [-0.3, -0.25) is 20.3 Å². The fraction of sp³-hybridized carbons (Fsp3) is 0.154.